The molecule has 2 aromatic carbocycles. The van der Waals surface area contributed by atoms with Crippen LogP contribution in [-0.2, 0) is 0 Å². The predicted molar refractivity (Wildman–Crippen MR) is 125 cm³/mol. The lowest BCUT2D eigenvalue weighted by molar-refractivity contribution is 0.338. The quantitative estimate of drug-likeness (QED) is 0.471. The molecule has 0 saturated heterocycles. The Labute approximate surface area is 183 Å². The topological polar surface area (TPSA) is 43.4 Å². The summed E-state index contributed by atoms with van der Waals surface area (Å²) in [6.45, 7) is 3.16. The van der Waals surface area contributed by atoms with Gasteiger partial charge >= 0.3 is 0 Å². The van der Waals surface area contributed by atoms with Crippen LogP contribution in [0, 0.1) is 12.8 Å². The number of hydrogen-bond acceptors (Lipinski definition) is 5. The zero-order valence-electron chi connectivity index (χ0n) is 18.0. The van der Waals surface area contributed by atoms with Crippen molar-refractivity contribution in [2.24, 2.45) is 5.92 Å². The van der Waals surface area contributed by atoms with E-state index >= 15 is 0 Å². The van der Waals surface area contributed by atoms with Crippen LogP contribution in [0.3, 0.4) is 0 Å². The monoisotopic (exact) mass is 422 g/mol. The molecule has 0 spiro atoms. The SMILES string of the molecule is COc1ncc(-c2cccc(NC[C@H]3CC[C@H](c4ccc(OC)c(C)c4)CC3)c2)s1. The first kappa shape index (κ1) is 20.7. The molecule has 0 atom stereocenters. The number of hydrogen-bond donors (Lipinski definition) is 1. The third kappa shape index (κ3) is 4.78. The first-order valence-corrected chi connectivity index (χ1v) is 11.5. The van der Waals surface area contributed by atoms with Gasteiger partial charge in [-0.25, -0.2) is 4.98 Å². The lowest BCUT2D eigenvalue weighted by atomic mass is 9.78. The second kappa shape index (κ2) is 9.52. The van der Waals surface area contributed by atoms with Gasteiger partial charge in [-0.05, 0) is 79.3 Å². The molecule has 1 aliphatic carbocycles. The number of nitrogens with one attached hydrogen (secondary N) is 1. The zero-order chi connectivity index (χ0) is 20.9. The summed E-state index contributed by atoms with van der Waals surface area (Å²) in [6.07, 6.45) is 6.95. The second-order valence-electron chi connectivity index (χ2n) is 8.10. The molecule has 4 rings (SSSR count). The maximum absolute atomic E-state index is 5.40. The highest BCUT2D eigenvalue weighted by molar-refractivity contribution is 7.16. The van der Waals surface area contributed by atoms with Crippen molar-refractivity contribution in [1.29, 1.82) is 0 Å². The molecule has 30 heavy (non-hydrogen) atoms. The largest absolute Gasteiger partial charge is 0.496 e. The molecule has 1 fully saturated rings. The number of methoxy groups -OCH3 is 2. The maximum atomic E-state index is 5.40. The Morgan fingerprint density at radius 3 is 2.57 bits per heavy atom. The molecule has 1 heterocycles. The van der Waals surface area contributed by atoms with Crippen LogP contribution < -0.4 is 14.8 Å². The van der Waals surface area contributed by atoms with Gasteiger partial charge < -0.3 is 14.8 Å². The van der Waals surface area contributed by atoms with Gasteiger partial charge in [0.15, 0.2) is 0 Å². The fourth-order valence-corrected chi connectivity index (χ4v) is 5.11. The van der Waals surface area contributed by atoms with Gasteiger partial charge in [-0.15, -0.1) is 0 Å². The van der Waals surface area contributed by atoms with Crippen molar-refractivity contribution < 1.29 is 9.47 Å². The van der Waals surface area contributed by atoms with Gasteiger partial charge in [0, 0.05) is 18.4 Å². The maximum Gasteiger partial charge on any atom is 0.273 e. The van der Waals surface area contributed by atoms with Crippen LogP contribution in [0.1, 0.15) is 42.7 Å². The van der Waals surface area contributed by atoms with E-state index in [0.717, 1.165) is 23.1 Å². The van der Waals surface area contributed by atoms with Crippen molar-refractivity contribution in [3.63, 3.8) is 0 Å². The minimum absolute atomic E-state index is 0.676. The molecule has 1 aromatic heterocycles. The Hall–Kier alpha value is -2.53. The number of anilines is 1. The highest BCUT2D eigenvalue weighted by Crippen LogP contribution is 2.37. The van der Waals surface area contributed by atoms with Crippen LogP contribution in [0.5, 0.6) is 10.9 Å². The molecule has 0 unspecified atom stereocenters. The van der Waals surface area contributed by atoms with Crippen LogP contribution in [0.2, 0.25) is 0 Å². The molecular weight excluding hydrogens is 392 g/mol. The molecule has 158 valence electrons. The van der Waals surface area contributed by atoms with Crippen molar-refractivity contribution in [1.82, 2.24) is 4.98 Å². The Morgan fingerprint density at radius 2 is 1.87 bits per heavy atom. The fraction of sp³-hybridized carbons (Fsp3) is 0.400. The number of rotatable bonds is 7. The smallest absolute Gasteiger partial charge is 0.273 e. The third-order valence-corrected chi connectivity index (χ3v) is 7.15. The van der Waals surface area contributed by atoms with Crippen molar-refractivity contribution >= 4 is 17.0 Å². The van der Waals surface area contributed by atoms with E-state index in [4.69, 9.17) is 9.47 Å². The van der Waals surface area contributed by atoms with E-state index < -0.39 is 0 Å². The summed E-state index contributed by atoms with van der Waals surface area (Å²) in [5, 5.41) is 4.36. The second-order valence-corrected chi connectivity index (χ2v) is 9.10. The molecule has 3 aromatic rings. The van der Waals surface area contributed by atoms with Gasteiger partial charge in [-0.3, -0.25) is 0 Å². The van der Waals surface area contributed by atoms with Gasteiger partial charge in [-0.2, -0.15) is 0 Å². The fourth-order valence-electron chi connectivity index (χ4n) is 4.39. The van der Waals surface area contributed by atoms with E-state index in [1.54, 1.807) is 25.6 Å². The lowest BCUT2D eigenvalue weighted by Crippen LogP contribution is -2.20. The van der Waals surface area contributed by atoms with E-state index in [2.05, 4.69) is 59.7 Å². The van der Waals surface area contributed by atoms with E-state index in [9.17, 15) is 0 Å². The summed E-state index contributed by atoms with van der Waals surface area (Å²) in [7, 11) is 3.40. The summed E-state index contributed by atoms with van der Waals surface area (Å²) in [5.74, 6) is 2.39. The molecule has 1 N–H and O–H groups in total. The van der Waals surface area contributed by atoms with E-state index in [1.807, 2.05) is 6.20 Å². The molecule has 0 bridgehead atoms. The molecule has 0 amide bonds. The van der Waals surface area contributed by atoms with E-state index in [1.165, 1.54) is 48.1 Å². The summed E-state index contributed by atoms with van der Waals surface area (Å²) in [6, 6.07) is 15.3. The van der Waals surface area contributed by atoms with Gasteiger partial charge in [-0.1, -0.05) is 35.6 Å². The average molecular weight is 423 g/mol. The van der Waals surface area contributed by atoms with Gasteiger partial charge in [0.2, 0.25) is 0 Å². The molecular formula is C25H30N2O2S. The van der Waals surface area contributed by atoms with Crippen molar-refractivity contribution in [3.05, 3.63) is 59.8 Å². The summed E-state index contributed by atoms with van der Waals surface area (Å²) in [4.78, 5) is 5.41. The first-order valence-electron chi connectivity index (χ1n) is 10.6. The highest BCUT2D eigenvalue weighted by atomic mass is 32.1. The Bertz CT molecular complexity index is 977. The standard InChI is InChI=1S/C25H30N2O2S/c1-17-13-20(11-12-23(17)28-2)19-9-7-18(8-10-19)15-26-22-6-4-5-21(14-22)24-16-27-25(29-3)30-24/h4-6,11-14,16,18-19,26H,7-10,15H2,1-3H3/t18-,19-. The van der Waals surface area contributed by atoms with Gasteiger partial charge in [0.1, 0.15) is 5.75 Å². The van der Waals surface area contributed by atoms with Gasteiger partial charge in [0.05, 0.1) is 19.1 Å². The van der Waals surface area contributed by atoms with Crippen LogP contribution in [0.4, 0.5) is 5.69 Å². The minimum Gasteiger partial charge on any atom is -0.496 e. The van der Waals surface area contributed by atoms with E-state index in [-0.39, 0.29) is 0 Å². The summed E-state index contributed by atoms with van der Waals surface area (Å²) < 4.78 is 10.6. The Morgan fingerprint density at radius 1 is 1.03 bits per heavy atom. The number of nitrogens with zero attached hydrogens (tertiary/aromatic N) is 1. The molecule has 0 radical (unpaired) electrons. The number of aryl methyl sites for hydroxylation is 1. The number of thiazole rings is 1. The Kier molecular flexibility index (Phi) is 6.58. The Balaban J connectivity index is 1.31. The highest BCUT2D eigenvalue weighted by Gasteiger charge is 2.22. The average Bonchev–Trinajstić information content (AvgIpc) is 3.28. The van der Waals surface area contributed by atoms with Crippen molar-refractivity contribution in [3.8, 4) is 21.4 Å². The molecule has 1 saturated carbocycles. The van der Waals surface area contributed by atoms with Crippen LogP contribution in [0.25, 0.3) is 10.4 Å². The minimum atomic E-state index is 0.676. The molecule has 1 aliphatic rings. The number of aromatic nitrogens is 1. The van der Waals surface area contributed by atoms with E-state index in [0.29, 0.717) is 11.1 Å². The molecule has 4 nitrogen and oxygen atoms in total. The van der Waals surface area contributed by atoms with Crippen LogP contribution in [0.15, 0.2) is 48.7 Å². The van der Waals surface area contributed by atoms with Gasteiger partial charge in [0.25, 0.3) is 5.19 Å². The van der Waals surface area contributed by atoms with Crippen molar-refractivity contribution in [2.75, 3.05) is 26.1 Å². The normalized spacial score (nSPS) is 18.8. The van der Waals surface area contributed by atoms with Crippen LogP contribution in [-0.4, -0.2) is 25.7 Å². The number of ether oxygens (including phenoxy) is 2. The first-order chi connectivity index (χ1) is 14.7. The van der Waals surface area contributed by atoms with Crippen LogP contribution >= 0.6 is 11.3 Å². The third-order valence-electron chi connectivity index (χ3n) is 6.14. The molecule has 5 heteroatoms. The van der Waals surface area contributed by atoms with Crippen molar-refractivity contribution in [2.45, 2.75) is 38.5 Å². The summed E-state index contributed by atoms with van der Waals surface area (Å²) >= 11 is 1.57. The summed E-state index contributed by atoms with van der Waals surface area (Å²) in [5.41, 5.74) is 5.05. The predicted octanol–water partition coefficient (Wildman–Crippen LogP) is 6.52. The zero-order valence-corrected chi connectivity index (χ0v) is 18.8. The number of benzene rings is 2. The lowest BCUT2D eigenvalue weighted by Gasteiger charge is -2.29. The molecule has 0 aliphatic heterocycles.